The second-order valence-corrected chi connectivity index (χ2v) is 2.15. The van der Waals surface area contributed by atoms with E-state index in [1.165, 1.54) is 7.11 Å². The van der Waals surface area contributed by atoms with Gasteiger partial charge in [-0.25, -0.2) is 9.59 Å². The van der Waals surface area contributed by atoms with Gasteiger partial charge >= 0.3 is 11.9 Å². The first-order chi connectivity index (χ1) is 6.70. The van der Waals surface area contributed by atoms with E-state index in [0.29, 0.717) is 0 Å². The van der Waals surface area contributed by atoms with E-state index >= 15 is 0 Å². The van der Waals surface area contributed by atoms with Crippen LogP contribution in [-0.2, 0) is 19.1 Å². The molecule has 0 fully saturated rings. The normalized spacial score (nSPS) is 10.4. The van der Waals surface area contributed by atoms with Crippen molar-refractivity contribution in [3.8, 4) is 0 Å². The molecule has 4 heteroatoms. The first-order valence-corrected chi connectivity index (χ1v) is 3.91. The molecule has 0 heterocycles. The number of hydrogen-bond acceptors (Lipinski definition) is 4. The van der Waals surface area contributed by atoms with Crippen molar-refractivity contribution < 1.29 is 19.1 Å². The van der Waals surface area contributed by atoms with E-state index in [-0.39, 0.29) is 6.61 Å². The van der Waals surface area contributed by atoms with Crippen molar-refractivity contribution in [2.45, 2.75) is 0 Å². The fourth-order valence-corrected chi connectivity index (χ4v) is 0.534. The SMILES string of the molecule is C=C/C=C/COC(=O)/C=C\C(=O)OC. The van der Waals surface area contributed by atoms with Gasteiger partial charge in [-0.2, -0.15) is 0 Å². The van der Waals surface area contributed by atoms with Gasteiger partial charge in [-0.15, -0.1) is 0 Å². The number of carbonyl (C=O) groups excluding carboxylic acids is 2. The lowest BCUT2D eigenvalue weighted by atomic mass is 10.5. The molecule has 0 aromatic rings. The second-order valence-electron chi connectivity index (χ2n) is 2.15. The predicted molar refractivity (Wildman–Crippen MR) is 51.5 cm³/mol. The van der Waals surface area contributed by atoms with Gasteiger partial charge in [-0.3, -0.25) is 0 Å². The molecule has 0 rings (SSSR count). The standard InChI is InChI=1S/C10H12O4/c1-3-4-5-8-14-10(12)7-6-9(11)13-2/h3-7H,1,8H2,2H3/b5-4+,7-6-. The highest BCUT2D eigenvalue weighted by Gasteiger charge is 1.96. The fraction of sp³-hybridized carbons (Fsp3) is 0.200. The van der Waals surface area contributed by atoms with Crippen LogP contribution in [0.15, 0.2) is 37.0 Å². The molecule has 0 bridgehead atoms. The van der Waals surface area contributed by atoms with Crippen molar-refractivity contribution in [2.75, 3.05) is 13.7 Å². The van der Waals surface area contributed by atoms with Crippen LogP contribution in [0.4, 0.5) is 0 Å². The van der Waals surface area contributed by atoms with E-state index in [1.807, 2.05) is 0 Å². The zero-order chi connectivity index (χ0) is 10.8. The summed E-state index contributed by atoms with van der Waals surface area (Å²) in [5.74, 6) is -1.19. The van der Waals surface area contributed by atoms with Crippen LogP contribution in [0.2, 0.25) is 0 Å². The Morgan fingerprint density at radius 3 is 2.50 bits per heavy atom. The minimum absolute atomic E-state index is 0.149. The van der Waals surface area contributed by atoms with Gasteiger partial charge in [0.1, 0.15) is 6.61 Å². The summed E-state index contributed by atoms with van der Waals surface area (Å²) < 4.78 is 8.95. The number of allylic oxidation sites excluding steroid dienone is 2. The average molecular weight is 196 g/mol. The highest BCUT2D eigenvalue weighted by Crippen LogP contribution is 1.85. The summed E-state index contributed by atoms with van der Waals surface area (Å²) in [6.07, 6.45) is 6.85. The molecule has 14 heavy (non-hydrogen) atoms. The average Bonchev–Trinajstić information content (AvgIpc) is 2.21. The molecule has 0 N–H and O–H groups in total. The molecule has 0 aromatic heterocycles. The first kappa shape index (κ1) is 12.2. The summed E-state index contributed by atoms with van der Waals surface area (Å²) >= 11 is 0. The van der Waals surface area contributed by atoms with Crippen LogP contribution in [0.25, 0.3) is 0 Å². The molecule has 0 aliphatic rings. The first-order valence-electron chi connectivity index (χ1n) is 3.91. The molecular weight excluding hydrogens is 184 g/mol. The van der Waals surface area contributed by atoms with Gasteiger partial charge in [0.05, 0.1) is 7.11 Å². The Morgan fingerprint density at radius 2 is 1.93 bits per heavy atom. The largest absolute Gasteiger partial charge is 0.466 e. The molecule has 0 atom stereocenters. The van der Waals surface area contributed by atoms with Crippen LogP contribution in [0.5, 0.6) is 0 Å². The molecular formula is C10H12O4. The fourth-order valence-electron chi connectivity index (χ4n) is 0.534. The summed E-state index contributed by atoms with van der Waals surface area (Å²) in [6, 6.07) is 0. The van der Waals surface area contributed by atoms with E-state index in [0.717, 1.165) is 12.2 Å². The zero-order valence-corrected chi connectivity index (χ0v) is 7.93. The number of hydrogen-bond donors (Lipinski definition) is 0. The number of carbonyl (C=O) groups is 2. The molecule has 0 saturated carbocycles. The van der Waals surface area contributed by atoms with E-state index in [4.69, 9.17) is 0 Å². The van der Waals surface area contributed by atoms with E-state index in [1.54, 1.807) is 18.2 Å². The lowest BCUT2D eigenvalue weighted by molar-refractivity contribution is -0.138. The number of ether oxygens (including phenoxy) is 2. The Hall–Kier alpha value is -1.84. The van der Waals surface area contributed by atoms with Crippen molar-refractivity contribution in [3.05, 3.63) is 37.0 Å². The molecule has 0 spiro atoms. The molecule has 0 amide bonds. The van der Waals surface area contributed by atoms with Crippen molar-refractivity contribution in [1.82, 2.24) is 0 Å². The monoisotopic (exact) mass is 196 g/mol. The summed E-state index contributed by atoms with van der Waals surface area (Å²) in [6.45, 7) is 3.59. The number of methoxy groups -OCH3 is 1. The third-order valence-corrected chi connectivity index (χ3v) is 1.15. The van der Waals surface area contributed by atoms with Gasteiger partial charge in [-0.05, 0) is 6.08 Å². The van der Waals surface area contributed by atoms with Crippen molar-refractivity contribution >= 4 is 11.9 Å². The van der Waals surface area contributed by atoms with Gasteiger partial charge in [0.2, 0.25) is 0 Å². The minimum Gasteiger partial charge on any atom is -0.466 e. The maximum Gasteiger partial charge on any atom is 0.331 e. The van der Waals surface area contributed by atoms with Crippen molar-refractivity contribution in [3.63, 3.8) is 0 Å². The third kappa shape index (κ3) is 6.84. The lowest BCUT2D eigenvalue weighted by Gasteiger charge is -1.95. The van der Waals surface area contributed by atoms with Crippen molar-refractivity contribution in [1.29, 1.82) is 0 Å². The van der Waals surface area contributed by atoms with Gasteiger partial charge < -0.3 is 9.47 Å². The van der Waals surface area contributed by atoms with Crippen LogP contribution in [0, 0.1) is 0 Å². The molecule has 76 valence electrons. The van der Waals surface area contributed by atoms with Crippen LogP contribution < -0.4 is 0 Å². The molecule has 0 aliphatic carbocycles. The van der Waals surface area contributed by atoms with Gasteiger partial charge in [0.25, 0.3) is 0 Å². The summed E-state index contributed by atoms with van der Waals surface area (Å²) in [7, 11) is 1.23. The quantitative estimate of drug-likeness (QED) is 0.374. The highest BCUT2D eigenvalue weighted by molar-refractivity contribution is 5.91. The summed E-state index contributed by atoms with van der Waals surface area (Å²) in [5, 5.41) is 0. The smallest absolute Gasteiger partial charge is 0.331 e. The van der Waals surface area contributed by atoms with Crippen LogP contribution in [0.3, 0.4) is 0 Å². The second kappa shape index (κ2) is 7.79. The van der Waals surface area contributed by atoms with Crippen LogP contribution in [0.1, 0.15) is 0 Å². The van der Waals surface area contributed by atoms with E-state index < -0.39 is 11.9 Å². The maximum absolute atomic E-state index is 10.9. The Balaban J connectivity index is 3.75. The topological polar surface area (TPSA) is 52.6 Å². The van der Waals surface area contributed by atoms with Crippen LogP contribution >= 0.6 is 0 Å². The minimum atomic E-state index is -0.594. The lowest BCUT2D eigenvalue weighted by Crippen LogP contribution is -2.02. The van der Waals surface area contributed by atoms with Gasteiger partial charge in [0, 0.05) is 12.2 Å². The van der Waals surface area contributed by atoms with Gasteiger partial charge in [0.15, 0.2) is 0 Å². The molecule has 0 saturated heterocycles. The van der Waals surface area contributed by atoms with Gasteiger partial charge in [-0.1, -0.05) is 18.7 Å². The Labute approximate surface area is 82.5 Å². The molecule has 0 aromatic carbocycles. The third-order valence-electron chi connectivity index (χ3n) is 1.15. The maximum atomic E-state index is 10.9. The molecule has 0 radical (unpaired) electrons. The number of esters is 2. The van der Waals surface area contributed by atoms with E-state index in [9.17, 15) is 9.59 Å². The Bertz CT molecular complexity index is 263. The highest BCUT2D eigenvalue weighted by atomic mass is 16.5. The predicted octanol–water partition coefficient (Wildman–Crippen LogP) is 1.00. The van der Waals surface area contributed by atoms with Crippen LogP contribution in [-0.4, -0.2) is 25.7 Å². The van der Waals surface area contributed by atoms with E-state index in [2.05, 4.69) is 16.1 Å². The summed E-state index contributed by atoms with van der Waals surface area (Å²) in [4.78, 5) is 21.4. The zero-order valence-electron chi connectivity index (χ0n) is 7.93. The number of rotatable bonds is 5. The Kier molecular flexibility index (Phi) is 6.77. The molecule has 0 unspecified atom stereocenters. The Morgan fingerprint density at radius 1 is 1.29 bits per heavy atom. The molecule has 4 nitrogen and oxygen atoms in total. The van der Waals surface area contributed by atoms with Crippen molar-refractivity contribution in [2.24, 2.45) is 0 Å². The summed E-state index contributed by atoms with van der Waals surface area (Å²) in [5.41, 5.74) is 0. The molecule has 0 aliphatic heterocycles.